The molecule has 1 fully saturated rings. The van der Waals surface area contributed by atoms with Gasteiger partial charge in [0.05, 0.1) is 25.7 Å². The number of halogens is 2. The lowest BCUT2D eigenvalue weighted by Crippen LogP contribution is -2.28. The van der Waals surface area contributed by atoms with Crippen LogP contribution in [-0.2, 0) is 22.7 Å². The fraction of sp³-hybridized carbons (Fsp3) is 0.160. The Bertz CT molecular complexity index is 1350. The fourth-order valence-corrected chi connectivity index (χ4v) is 4.40. The van der Waals surface area contributed by atoms with Crippen LogP contribution in [0.25, 0.3) is 6.08 Å². The summed E-state index contributed by atoms with van der Waals surface area (Å²) in [5, 5.41) is -0.392. The SMILES string of the molecule is COC(=O)c1ccc(COc2ccc(/C=C3\SC(=O)N(Cc4c(F)cccc4Cl)C3=O)cc2OC)o1. The minimum Gasteiger partial charge on any atom is -0.493 e. The van der Waals surface area contributed by atoms with Crippen LogP contribution in [0, 0.1) is 5.82 Å². The van der Waals surface area contributed by atoms with E-state index in [0.29, 0.717) is 22.8 Å². The van der Waals surface area contributed by atoms with Gasteiger partial charge in [-0.15, -0.1) is 0 Å². The molecule has 186 valence electrons. The molecule has 1 aromatic heterocycles. The molecule has 0 unspecified atom stereocenters. The van der Waals surface area contributed by atoms with Gasteiger partial charge in [0.15, 0.2) is 11.5 Å². The van der Waals surface area contributed by atoms with E-state index in [1.165, 1.54) is 44.6 Å². The Balaban J connectivity index is 1.48. The van der Waals surface area contributed by atoms with Gasteiger partial charge in [0.1, 0.15) is 18.2 Å². The average molecular weight is 532 g/mol. The Morgan fingerprint density at radius 3 is 2.67 bits per heavy atom. The van der Waals surface area contributed by atoms with E-state index >= 15 is 0 Å². The maximum absolute atomic E-state index is 14.1. The standard InChI is InChI=1S/C25H19ClFNO7S/c1-32-21-10-14(6-8-19(21)34-13-15-7-9-20(35-15)24(30)33-2)11-22-23(29)28(25(31)36-22)12-16-17(26)4-3-5-18(16)27/h3-11H,12-13H2,1-2H3/b22-11-. The smallest absolute Gasteiger partial charge is 0.373 e. The number of ether oxygens (including phenoxy) is 3. The molecule has 1 aliphatic rings. The Labute approximate surface area is 214 Å². The molecule has 11 heteroatoms. The van der Waals surface area contributed by atoms with Crippen molar-refractivity contribution in [3.05, 3.63) is 86.9 Å². The first-order chi connectivity index (χ1) is 17.3. The number of rotatable bonds is 8. The molecule has 4 rings (SSSR count). The van der Waals surface area contributed by atoms with E-state index in [1.54, 1.807) is 24.3 Å². The molecule has 1 saturated heterocycles. The van der Waals surface area contributed by atoms with Gasteiger partial charge >= 0.3 is 5.97 Å². The van der Waals surface area contributed by atoms with Crippen LogP contribution in [0.2, 0.25) is 5.02 Å². The van der Waals surface area contributed by atoms with Gasteiger partial charge in [0.25, 0.3) is 11.1 Å². The molecule has 2 heterocycles. The highest BCUT2D eigenvalue weighted by atomic mass is 35.5. The fourth-order valence-electron chi connectivity index (χ4n) is 3.34. The van der Waals surface area contributed by atoms with Crippen molar-refractivity contribution < 1.29 is 37.4 Å². The first kappa shape index (κ1) is 25.3. The number of furan rings is 1. The van der Waals surface area contributed by atoms with Gasteiger partial charge in [-0.1, -0.05) is 23.7 Å². The zero-order valence-corrected chi connectivity index (χ0v) is 20.7. The van der Waals surface area contributed by atoms with Gasteiger partial charge in [-0.2, -0.15) is 0 Å². The number of carbonyl (C=O) groups is 3. The van der Waals surface area contributed by atoms with Gasteiger partial charge in [0.2, 0.25) is 5.76 Å². The summed E-state index contributed by atoms with van der Waals surface area (Å²) < 4.78 is 35.2. The van der Waals surface area contributed by atoms with E-state index in [1.807, 2.05) is 0 Å². The van der Waals surface area contributed by atoms with Crippen LogP contribution in [0.1, 0.15) is 27.4 Å². The van der Waals surface area contributed by atoms with Gasteiger partial charge in [0, 0.05) is 10.6 Å². The molecule has 1 aliphatic heterocycles. The van der Waals surface area contributed by atoms with Crippen LogP contribution >= 0.6 is 23.4 Å². The Morgan fingerprint density at radius 1 is 1.14 bits per heavy atom. The molecule has 0 saturated carbocycles. The summed E-state index contributed by atoms with van der Waals surface area (Å²) in [5.41, 5.74) is 0.653. The molecule has 2 aromatic carbocycles. The van der Waals surface area contributed by atoms with Gasteiger partial charge in [-0.05, 0) is 59.8 Å². The maximum atomic E-state index is 14.1. The van der Waals surface area contributed by atoms with Crippen LogP contribution in [-0.4, -0.2) is 36.2 Å². The first-order valence-corrected chi connectivity index (χ1v) is 11.7. The molecule has 2 amide bonds. The molecule has 0 spiro atoms. The Kier molecular flexibility index (Phi) is 7.66. The number of benzene rings is 2. The second-order valence-corrected chi connectivity index (χ2v) is 8.82. The summed E-state index contributed by atoms with van der Waals surface area (Å²) in [6.45, 7) is -0.238. The lowest BCUT2D eigenvalue weighted by atomic mass is 10.1. The van der Waals surface area contributed by atoms with Crippen molar-refractivity contribution in [1.29, 1.82) is 0 Å². The minimum atomic E-state index is -0.595. The summed E-state index contributed by atoms with van der Waals surface area (Å²) in [4.78, 5) is 37.9. The highest BCUT2D eigenvalue weighted by molar-refractivity contribution is 8.18. The highest BCUT2D eigenvalue weighted by Crippen LogP contribution is 2.36. The monoisotopic (exact) mass is 531 g/mol. The molecule has 0 radical (unpaired) electrons. The van der Waals surface area contributed by atoms with Crippen LogP contribution in [0.15, 0.2) is 57.9 Å². The van der Waals surface area contributed by atoms with E-state index < -0.39 is 22.9 Å². The Morgan fingerprint density at radius 2 is 1.94 bits per heavy atom. The third kappa shape index (κ3) is 5.39. The molecule has 8 nitrogen and oxygen atoms in total. The lowest BCUT2D eigenvalue weighted by Gasteiger charge is -2.14. The summed E-state index contributed by atoms with van der Waals surface area (Å²) in [5.74, 6) is -0.502. The molecule has 36 heavy (non-hydrogen) atoms. The van der Waals surface area contributed by atoms with Crippen molar-refractivity contribution in [1.82, 2.24) is 4.90 Å². The van der Waals surface area contributed by atoms with Crippen LogP contribution in [0.3, 0.4) is 0 Å². The van der Waals surface area contributed by atoms with Crippen molar-refractivity contribution in [2.24, 2.45) is 0 Å². The van der Waals surface area contributed by atoms with Crippen molar-refractivity contribution in [3.8, 4) is 11.5 Å². The number of carbonyl (C=O) groups excluding carboxylic acids is 3. The van der Waals surface area contributed by atoms with Crippen LogP contribution in [0.5, 0.6) is 11.5 Å². The number of thioether (sulfide) groups is 1. The quantitative estimate of drug-likeness (QED) is 0.270. The highest BCUT2D eigenvalue weighted by Gasteiger charge is 2.36. The molecule has 3 aromatic rings. The zero-order chi connectivity index (χ0) is 25.8. The van der Waals surface area contributed by atoms with E-state index in [-0.39, 0.29) is 34.4 Å². The van der Waals surface area contributed by atoms with Crippen LogP contribution in [0.4, 0.5) is 9.18 Å². The van der Waals surface area contributed by atoms with Crippen molar-refractivity contribution in [2.45, 2.75) is 13.2 Å². The number of hydrogen-bond acceptors (Lipinski definition) is 8. The van der Waals surface area contributed by atoms with Crippen molar-refractivity contribution in [2.75, 3.05) is 14.2 Å². The Hall–Kier alpha value is -3.76. The third-order valence-electron chi connectivity index (χ3n) is 5.16. The van der Waals surface area contributed by atoms with Gasteiger partial charge in [-0.3, -0.25) is 14.5 Å². The summed E-state index contributed by atoms with van der Waals surface area (Å²) in [7, 11) is 2.72. The lowest BCUT2D eigenvalue weighted by molar-refractivity contribution is -0.123. The van der Waals surface area contributed by atoms with E-state index in [2.05, 4.69) is 4.74 Å². The summed E-state index contributed by atoms with van der Waals surface area (Å²) in [6, 6.07) is 12.2. The molecule has 0 N–H and O–H groups in total. The summed E-state index contributed by atoms with van der Waals surface area (Å²) >= 11 is 6.79. The van der Waals surface area contributed by atoms with Crippen LogP contribution < -0.4 is 9.47 Å². The zero-order valence-electron chi connectivity index (χ0n) is 19.1. The van der Waals surface area contributed by atoms with E-state index in [0.717, 1.165) is 16.7 Å². The van der Waals surface area contributed by atoms with E-state index in [9.17, 15) is 18.8 Å². The molecule has 0 aliphatic carbocycles. The molecular weight excluding hydrogens is 513 g/mol. The first-order valence-electron chi connectivity index (χ1n) is 10.5. The number of nitrogens with zero attached hydrogens (tertiary/aromatic N) is 1. The molecule has 0 atom stereocenters. The van der Waals surface area contributed by atoms with Gasteiger partial charge in [-0.25, -0.2) is 9.18 Å². The van der Waals surface area contributed by atoms with Crippen molar-refractivity contribution in [3.63, 3.8) is 0 Å². The second kappa shape index (κ2) is 10.9. The minimum absolute atomic E-state index is 0.0319. The van der Waals surface area contributed by atoms with Crippen molar-refractivity contribution >= 4 is 46.6 Å². The largest absolute Gasteiger partial charge is 0.493 e. The average Bonchev–Trinajstić information content (AvgIpc) is 3.44. The molecule has 0 bridgehead atoms. The predicted molar refractivity (Wildman–Crippen MR) is 130 cm³/mol. The topological polar surface area (TPSA) is 95.3 Å². The van der Waals surface area contributed by atoms with E-state index in [4.69, 9.17) is 25.5 Å². The third-order valence-corrected chi connectivity index (χ3v) is 6.42. The number of esters is 1. The maximum Gasteiger partial charge on any atom is 0.373 e. The van der Waals surface area contributed by atoms with Gasteiger partial charge < -0.3 is 18.6 Å². The molecular formula is C25H19ClFNO7S. The summed E-state index contributed by atoms with van der Waals surface area (Å²) in [6.07, 6.45) is 1.54. The number of hydrogen-bond donors (Lipinski definition) is 0. The number of imide groups is 1. The predicted octanol–water partition coefficient (Wildman–Crippen LogP) is 5.68. The normalized spacial score (nSPS) is 14.4. The second-order valence-electron chi connectivity index (χ2n) is 7.42. The number of amides is 2. The number of methoxy groups -OCH3 is 2.